The first-order valence-electron chi connectivity index (χ1n) is 7.56. The van der Waals surface area contributed by atoms with E-state index in [1.54, 1.807) is 30.2 Å². The summed E-state index contributed by atoms with van der Waals surface area (Å²) < 4.78 is 7.05. The Morgan fingerprint density at radius 2 is 2.35 bits per heavy atom. The summed E-state index contributed by atoms with van der Waals surface area (Å²) in [6.07, 6.45) is 5.81. The fourth-order valence-electron chi connectivity index (χ4n) is 3.03. The Morgan fingerprint density at radius 3 is 3.00 bits per heavy atom. The smallest absolute Gasteiger partial charge is 0.227 e. The molecule has 2 aromatic heterocycles. The molecular formula is C15H19ClN4O3. The average molecular weight is 339 g/mol. The zero-order valence-corrected chi connectivity index (χ0v) is 13.5. The van der Waals surface area contributed by atoms with Gasteiger partial charge in [0.1, 0.15) is 5.76 Å². The molecule has 3 rings (SSSR count). The summed E-state index contributed by atoms with van der Waals surface area (Å²) in [5, 5.41) is 17.8. The third-order valence-corrected chi connectivity index (χ3v) is 4.22. The van der Waals surface area contributed by atoms with Gasteiger partial charge >= 0.3 is 0 Å². The van der Waals surface area contributed by atoms with Gasteiger partial charge in [-0.05, 0) is 18.8 Å². The van der Waals surface area contributed by atoms with Crippen LogP contribution in [0.25, 0.3) is 0 Å². The minimum Gasteiger partial charge on any atom is -0.446 e. The molecule has 1 aliphatic carbocycles. The number of rotatable bonds is 5. The molecule has 124 valence electrons. The second-order valence-corrected chi connectivity index (χ2v) is 6.42. The number of aryl methyl sites for hydroxylation is 1. The molecule has 1 fully saturated rings. The van der Waals surface area contributed by atoms with Crippen molar-refractivity contribution in [3.8, 4) is 0 Å². The molecule has 2 N–H and O–H groups in total. The maximum absolute atomic E-state index is 12.0. The lowest BCUT2D eigenvalue weighted by Gasteiger charge is -2.16. The summed E-state index contributed by atoms with van der Waals surface area (Å²) in [5.41, 5.74) is 0. The van der Waals surface area contributed by atoms with Crippen LogP contribution in [0.5, 0.6) is 0 Å². The lowest BCUT2D eigenvalue weighted by molar-refractivity contribution is -0.122. The van der Waals surface area contributed by atoms with Crippen LogP contribution in [0.2, 0.25) is 5.02 Å². The number of amides is 1. The number of hydrogen-bond donors (Lipinski definition) is 2. The van der Waals surface area contributed by atoms with Crippen molar-refractivity contribution in [2.45, 2.75) is 44.9 Å². The van der Waals surface area contributed by atoms with Crippen LogP contribution in [0.3, 0.4) is 0 Å². The van der Waals surface area contributed by atoms with E-state index >= 15 is 0 Å². The van der Waals surface area contributed by atoms with Crippen molar-refractivity contribution in [1.82, 2.24) is 20.1 Å². The summed E-state index contributed by atoms with van der Waals surface area (Å²) in [4.78, 5) is 16.0. The van der Waals surface area contributed by atoms with E-state index in [0.29, 0.717) is 36.1 Å². The SMILES string of the molecule is Cc1ncc(CC(=O)N[C@@H]2CC(Cn3cc(Cl)cn3)C[C@H]2O)o1. The first-order chi connectivity index (χ1) is 11.0. The molecule has 3 atom stereocenters. The number of halogens is 1. The van der Waals surface area contributed by atoms with Crippen LogP contribution < -0.4 is 5.32 Å². The van der Waals surface area contributed by atoms with Gasteiger partial charge in [-0.3, -0.25) is 9.48 Å². The van der Waals surface area contributed by atoms with Crippen LogP contribution in [-0.4, -0.2) is 37.9 Å². The van der Waals surface area contributed by atoms with Crippen LogP contribution in [0.1, 0.15) is 24.5 Å². The predicted octanol–water partition coefficient (Wildman–Crippen LogP) is 1.33. The van der Waals surface area contributed by atoms with E-state index in [9.17, 15) is 9.90 Å². The molecular weight excluding hydrogens is 320 g/mol. The number of carbonyl (C=O) groups is 1. The van der Waals surface area contributed by atoms with E-state index < -0.39 is 6.10 Å². The Hall–Kier alpha value is -1.86. The molecule has 23 heavy (non-hydrogen) atoms. The van der Waals surface area contributed by atoms with Crippen molar-refractivity contribution in [2.75, 3.05) is 0 Å². The molecule has 2 heterocycles. The second kappa shape index (κ2) is 6.72. The fraction of sp³-hybridized carbons (Fsp3) is 0.533. The van der Waals surface area contributed by atoms with Crippen LogP contribution in [0.15, 0.2) is 23.0 Å². The molecule has 8 heteroatoms. The highest BCUT2D eigenvalue weighted by atomic mass is 35.5. The number of aliphatic hydroxyl groups is 1. The number of hydrogen-bond acceptors (Lipinski definition) is 5. The van der Waals surface area contributed by atoms with Gasteiger partial charge in [0.05, 0.1) is 36.0 Å². The largest absolute Gasteiger partial charge is 0.446 e. The van der Waals surface area contributed by atoms with E-state index in [2.05, 4.69) is 15.4 Å². The number of aliphatic hydroxyl groups excluding tert-OH is 1. The molecule has 1 saturated carbocycles. The lowest BCUT2D eigenvalue weighted by atomic mass is 10.1. The van der Waals surface area contributed by atoms with E-state index in [1.807, 2.05) is 0 Å². The van der Waals surface area contributed by atoms with Gasteiger partial charge in [-0.1, -0.05) is 11.6 Å². The van der Waals surface area contributed by atoms with Gasteiger partial charge in [0.25, 0.3) is 0 Å². The number of nitrogens with one attached hydrogen (secondary N) is 1. The first kappa shape index (κ1) is 16.0. The summed E-state index contributed by atoms with van der Waals surface area (Å²) in [7, 11) is 0. The first-order valence-corrected chi connectivity index (χ1v) is 7.94. The molecule has 2 aromatic rings. The summed E-state index contributed by atoms with van der Waals surface area (Å²) in [6.45, 7) is 2.41. The van der Waals surface area contributed by atoms with Gasteiger partial charge in [0.15, 0.2) is 5.89 Å². The standard InChI is InChI=1S/C15H19ClN4O3/c1-9-17-6-12(23-9)4-15(22)19-13-2-10(3-14(13)21)7-20-8-11(16)5-18-20/h5-6,8,10,13-14,21H,2-4,7H2,1H3,(H,19,22)/t10?,13-,14-/m1/s1. The van der Waals surface area contributed by atoms with Gasteiger partial charge in [0.2, 0.25) is 5.91 Å². The van der Waals surface area contributed by atoms with Crippen LogP contribution in [0.4, 0.5) is 0 Å². The average Bonchev–Trinajstić information content (AvgIpc) is 3.14. The fourth-order valence-corrected chi connectivity index (χ4v) is 3.18. The Bertz CT molecular complexity index is 684. The Balaban J connectivity index is 1.51. The highest BCUT2D eigenvalue weighted by Crippen LogP contribution is 2.27. The molecule has 1 unspecified atom stereocenters. The molecule has 0 bridgehead atoms. The van der Waals surface area contributed by atoms with Crippen LogP contribution >= 0.6 is 11.6 Å². The number of carbonyl (C=O) groups excluding carboxylic acids is 1. The Morgan fingerprint density at radius 1 is 1.52 bits per heavy atom. The highest BCUT2D eigenvalue weighted by Gasteiger charge is 2.34. The number of aromatic nitrogens is 3. The van der Waals surface area contributed by atoms with E-state index in [-0.39, 0.29) is 24.3 Å². The van der Waals surface area contributed by atoms with Gasteiger partial charge in [-0.15, -0.1) is 0 Å². The van der Waals surface area contributed by atoms with E-state index in [0.717, 1.165) is 0 Å². The van der Waals surface area contributed by atoms with Crippen LogP contribution in [0, 0.1) is 12.8 Å². The molecule has 0 aromatic carbocycles. The van der Waals surface area contributed by atoms with Crippen molar-refractivity contribution >= 4 is 17.5 Å². The van der Waals surface area contributed by atoms with Gasteiger partial charge in [-0.25, -0.2) is 4.98 Å². The normalized spacial score (nSPS) is 24.0. The van der Waals surface area contributed by atoms with E-state index in [1.165, 1.54) is 0 Å². The molecule has 7 nitrogen and oxygen atoms in total. The molecule has 1 aliphatic rings. The minimum absolute atomic E-state index is 0.128. The van der Waals surface area contributed by atoms with Gasteiger partial charge in [0, 0.05) is 19.7 Å². The van der Waals surface area contributed by atoms with Crippen molar-refractivity contribution in [1.29, 1.82) is 0 Å². The maximum atomic E-state index is 12.0. The monoisotopic (exact) mass is 338 g/mol. The third-order valence-electron chi connectivity index (χ3n) is 4.02. The van der Waals surface area contributed by atoms with Gasteiger partial charge < -0.3 is 14.8 Å². The number of nitrogens with zero attached hydrogens (tertiary/aromatic N) is 3. The summed E-state index contributed by atoms with van der Waals surface area (Å²) >= 11 is 5.85. The molecule has 0 saturated heterocycles. The zero-order chi connectivity index (χ0) is 16.4. The van der Waals surface area contributed by atoms with Gasteiger partial charge in [-0.2, -0.15) is 5.10 Å². The lowest BCUT2D eigenvalue weighted by Crippen LogP contribution is -2.40. The molecule has 0 radical (unpaired) electrons. The van der Waals surface area contributed by atoms with Crippen LogP contribution in [-0.2, 0) is 17.8 Å². The molecule has 1 amide bonds. The van der Waals surface area contributed by atoms with Crippen molar-refractivity contribution in [2.24, 2.45) is 5.92 Å². The topological polar surface area (TPSA) is 93.2 Å². The Kier molecular flexibility index (Phi) is 4.68. The Labute approximate surface area is 138 Å². The van der Waals surface area contributed by atoms with E-state index in [4.69, 9.17) is 16.0 Å². The summed E-state index contributed by atoms with van der Waals surface area (Å²) in [6, 6.07) is -0.248. The maximum Gasteiger partial charge on any atom is 0.227 e. The third kappa shape index (κ3) is 4.11. The van der Waals surface area contributed by atoms with Crippen molar-refractivity contribution < 1.29 is 14.3 Å². The van der Waals surface area contributed by atoms with Crippen molar-refractivity contribution in [3.63, 3.8) is 0 Å². The quantitative estimate of drug-likeness (QED) is 0.858. The van der Waals surface area contributed by atoms with Crippen molar-refractivity contribution in [3.05, 3.63) is 35.3 Å². The highest BCUT2D eigenvalue weighted by molar-refractivity contribution is 6.30. The number of oxazole rings is 1. The second-order valence-electron chi connectivity index (χ2n) is 5.98. The molecule has 0 aliphatic heterocycles. The molecule has 0 spiro atoms. The summed E-state index contributed by atoms with van der Waals surface area (Å²) in [5.74, 6) is 1.13. The zero-order valence-electron chi connectivity index (χ0n) is 12.8. The minimum atomic E-state index is -0.550. The predicted molar refractivity (Wildman–Crippen MR) is 82.8 cm³/mol.